The molecule has 2 N–H and O–H groups in total. The van der Waals surface area contributed by atoms with Crippen molar-refractivity contribution in [3.05, 3.63) is 89.8 Å². The summed E-state index contributed by atoms with van der Waals surface area (Å²) >= 11 is 0. The lowest BCUT2D eigenvalue weighted by atomic mass is 10.1. The number of ether oxygens (including phenoxy) is 1. The molecule has 1 aromatic heterocycles. The Labute approximate surface area is 181 Å². The summed E-state index contributed by atoms with van der Waals surface area (Å²) in [7, 11) is 0. The minimum absolute atomic E-state index is 0.217. The van der Waals surface area contributed by atoms with E-state index in [1.165, 1.54) is 42.5 Å². The largest absolute Gasteiger partial charge is 0.484 e. The number of fused-ring (bicyclic) bond motifs is 1. The molecule has 0 aliphatic rings. The number of halogens is 2. The molecule has 6 nitrogen and oxygen atoms in total. The molecule has 1 heterocycles. The lowest BCUT2D eigenvalue weighted by molar-refractivity contribution is -0.118. The molecule has 0 unspecified atom stereocenters. The summed E-state index contributed by atoms with van der Waals surface area (Å²) < 4.78 is 31.7. The average molecular weight is 430 g/mol. The maximum Gasteiger partial charge on any atom is 0.262 e. The van der Waals surface area contributed by atoms with Crippen LogP contribution in [0, 0.1) is 23.0 Å². The number of aromatic nitrogens is 2. The third-order valence-electron chi connectivity index (χ3n) is 4.51. The molecule has 0 bridgehead atoms. The van der Waals surface area contributed by atoms with Crippen LogP contribution < -0.4 is 10.1 Å². The van der Waals surface area contributed by atoms with Gasteiger partial charge in [-0.2, -0.15) is 5.26 Å². The Morgan fingerprint density at radius 2 is 1.78 bits per heavy atom. The number of H-pyrrole nitrogens is 1. The van der Waals surface area contributed by atoms with Crippen LogP contribution in [-0.4, -0.2) is 22.5 Å². The van der Waals surface area contributed by atoms with Crippen molar-refractivity contribution in [1.82, 2.24) is 9.97 Å². The van der Waals surface area contributed by atoms with Gasteiger partial charge in [-0.1, -0.05) is 12.1 Å². The SMILES string of the molecule is N#C/C(=C/c1ccc(OCC(=O)Nc2ccc(F)cc2)cc1)c1nc2ccc(F)cc2[nH]1. The topological polar surface area (TPSA) is 90.8 Å². The molecule has 0 atom stereocenters. The minimum atomic E-state index is -0.392. The summed E-state index contributed by atoms with van der Waals surface area (Å²) in [5, 5.41) is 12.1. The van der Waals surface area contributed by atoms with Gasteiger partial charge in [0, 0.05) is 5.69 Å². The minimum Gasteiger partial charge on any atom is -0.484 e. The number of amides is 1. The first-order valence-electron chi connectivity index (χ1n) is 9.56. The first kappa shape index (κ1) is 20.8. The second kappa shape index (κ2) is 9.10. The molecule has 3 aromatic carbocycles. The molecule has 0 aliphatic heterocycles. The highest BCUT2D eigenvalue weighted by Gasteiger charge is 2.09. The number of benzene rings is 3. The number of hydrogen-bond acceptors (Lipinski definition) is 4. The lowest BCUT2D eigenvalue weighted by Crippen LogP contribution is -2.20. The molecule has 4 rings (SSSR count). The summed E-state index contributed by atoms with van der Waals surface area (Å²) in [5.74, 6) is -0.354. The van der Waals surface area contributed by atoms with Gasteiger partial charge in [0.25, 0.3) is 5.91 Å². The predicted molar refractivity (Wildman–Crippen MR) is 117 cm³/mol. The van der Waals surface area contributed by atoms with Crippen molar-refractivity contribution >= 4 is 34.3 Å². The second-order valence-electron chi connectivity index (χ2n) is 6.83. The number of nitrogens with one attached hydrogen (secondary N) is 2. The van der Waals surface area contributed by atoms with Crippen LogP contribution in [0.25, 0.3) is 22.7 Å². The Morgan fingerprint density at radius 1 is 1.06 bits per heavy atom. The predicted octanol–water partition coefficient (Wildman–Crippen LogP) is 4.92. The number of carbonyl (C=O) groups excluding carboxylic acids is 1. The normalized spacial score (nSPS) is 11.2. The summed E-state index contributed by atoms with van der Waals surface area (Å²) in [6.45, 7) is -0.217. The molecule has 0 spiro atoms. The van der Waals surface area contributed by atoms with E-state index in [0.29, 0.717) is 28.3 Å². The van der Waals surface area contributed by atoms with Gasteiger partial charge in [0.15, 0.2) is 6.61 Å². The van der Waals surface area contributed by atoms with Gasteiger partial charge in [-0.25, -0.2) is 13.8 Å². The molecular formula is C24H16F2N4O2. The van der Waals surface area contributed by atoms with Gasteiger partial charge in [-0.05, 0) is 66.2 Å². The number of rotatable bonds is 6. The van der Waals surface area contributed by atoms with E-state index >= 15 is 0 Å². The molecule has 0 aliphatic carbocycles. The first-order valence-corrected chi connectivity index (χ1v) is 9.56. The fraction of sp³-hybridized carbons (Fsp3) is 0.0417. The Morgan fingerprint density at radius 3 is 2.50 bits per heavy atom. The standard InChI is InChI=1S/C24H16F2N4O2/c25-17-3-6-19(7-4-17)28-23(31)14-32-20-8-1-15(2-9-20)11-16(13-27)24-29-21-10-5-18(26)12-22(21)30-24/h1-12H,14H2,(H,28,31)(H,29,30)/b16-11-. The molecule has 4 aromatic rings. The lowest BCUT2D eigenvalue weighted by Gasteiger charge is -2.08. The summed E-state index contributed by atoms with van der Waals surface area (Å²) in [5.41, 5.74) is 2.54. The van der Waals surface area contributed by atoms with Crippen molar-refractivity contribution in [3.63, 3.8) is 0 Å². The van der Waals surface area contributed by atoms with Crippen LogP contribution in [0.3, 0.4) is 0 Å². The first-order chi connectivity index (χ1) is 15.5. The molecule has 0 radical (unpaired) electrons. The highest BCUT2D eigenvalue weighted by atomic mass is 19.1. The smallest absolute Gasteiger partial charge is 0.262 e. The third-order valence-corrected chi connectivity index (χ3v) is 4.51. The van der Waals surface area contributed by atoms with E-state index < -0.39 is 5.82 Å². The van der Waals surface area contributed by atoms with Gasteiger partial charge in [-0.3, -0.25) is 4.79 Å². The van der Waals surface area contributed by atoms with Crippen LogP contribution >= 0.6 is 0 Å². The molecule has 1 amide bonds. The van der Waals surface area contributed by atoms with Crippen LogP contribution in [0.15, 0.2) is 66.7 Å². The Kier molecular flexibility index (Phi) is 5.90. The Bertz CT molecular complexity index is 1340. The monoisotopic (exact) mass is 430 g/mol. The van der Waals surface area contributed by atoms with Crippen molar-refractivity contribution in [3.8, 4) is 11.8 Å². The van der Waals surface area contributed by atoms with Crippen molar-refractivity contribution in [2.45, 2.75) is 0 Å². The van der Waals surface area contributed by atoms with Crippen LogP contribution in [-0.2, 0) is 4.79 Å². The van der Waals surface area contributed by atoms with Crippen LogP contribution in [0.5, 0.6) is 5.75 Å². The quantitative estimate of drug-likeness (QED) is 0.425. The van der Waals surface area contributed by atoms with E-state index in [2.05, 4.69) is 21.4 Å². The number of imidazole rings is 1. The number of aromatic amines is 1. The molecule has 8 heteroatoms. The third kappa shape index (κ3) is 4.96. The van der Waals surface area contributed by atoms with E-state index in [4.69, 9.17) is 4.74 Å². The fourth-order valence-corrected chi connectivity index (χ4v) is 2.97. The maximum atomic E-state index is 13.4. The van der Waals surface area contributed by atoms with E-state index in [-0.39, 0.29) is 23.9 Å². The highest BCUT2D eigenvalue weighted by Crippen LogP contribution is 2.21. The van der Waals surface area contributed by atoms with E-state index in [9.17, 15) is 18.8 Å². The van der Waals surface area contributed by atoms with Crippen molar-refractivity contribution in [2.24, 2.45) is 0 Å². The Balaban J connectivity index is 1.40. The Hall–Kier alpha value is -4.51. The van der Waals surface area contributed by atoms with Crippen LogP contribution in [0.2, 0.25) is 0 Å². The van der Waals surface area contributed by atoms with Crippen molar-refractivity contribution < 1.29 is 18.3 Å². The van der Waals surface area contributed by atoms with Gasteiger partial charge in [0.05, 0.1) is 16.6 Å². The van der Waals surface area contributed by atoms with Gasteiger partial charge < -0.3 is 15.0 Å². The molecule has 0 fully saturated rings. The van der Waals surface area contributed by atoms with Gasteiger partial charge in [-0.15, -0.1) is 0 Å². The van der Waals surface area contributed by atoms with Crippen molar-refractivity contribution in [1.29, 1.82) is 5.26 Å². The van der Waals surface area contributed by atoms with E-state index in [0.717, 1.165) is 5.56 Å². The van der Waals surface area contributed by atoms with Gasteiger partial charge >= 0.3 is 0 Å². The molecular weight excluding hydrogens is 414 g/mol. The number of nitrogens with zero attached hydrogens (tertiary/aromatic N) is 2. The summed E-state index contributed by atoms with van der Waals surface area (Å²) in [6, 6.07) is 18.5. The van der Waals surface area contributed by atoms with Gasteiger partial charge in [0.1, 0.15) is 29.3 Å². The molecule has 32 heavy (non-hydrogen) atoms. The van der Waals surface area contributed by atoms with Crippen LogP contribution in [0.4, 0.5) is 14.5 Å². The summed E-state index contributed by atoms with van der Waals surface area (Å²) in [6.07, 6.45) is 1.64. The zero-order chi connectivity index (χ0) is 22.5. The number of anilines is 1. The number of hydrogen-bond donors (Lipinski definition) is 2. The van der Waals surface area contributed by atoms with Gasteiger partial charge in [0.2, 0.25) is 0 Å². The average Bonchev–Trinajstić information content (AvgIpc) is 3.21. The number of carbonyl (C=O) groups is 1. The van der Waals surface area contributed by atoms with Crippen LogP contribution in [0.1, 0.15) is 11.4 Å². The zero-order valence-corrected chi connectivity index (χ0v) is 16.6. The number of nitriles is 1. The maximum absolute atomic E-state index is 13.4. The molecule has 0 saturated carbocycles. The van der Waals surface area contributed by atoms with E-state index in [1.807, 2.05) is 0 Å². The second-order valence-corrected chi connectivity index (χ2v) is 6.83. The summed E-state index contributed by atoms with van der Waals surface area (Å²) in [4.78, 5) is 19.2. The zero-order valence-electron chi connectivity index (χ0n) is 16.6. The fourth-order valence-electron chi connectivity index (χ4n) is 2.97. The molecule has 0 saturated heterocycles. The highest BCUT2D eigenvalue weighted by molar-refractivity contribution is 5.92. The van der Waals surface area contributed by atoms with E-state index in [1.54, 1.807) is 30.3 Å². The number of allylic oxidation sites excluding steroid dienone is 1. The molecule has 158 valence electrons. The van der Waals surface area contributed by atoms with Crippen molar-refractivity contribution in [2.75, 3.05) is 11.9 Å².